The summed E-state index contributed by atoms with van der Waals surface area (Å²) in [6.07, 6.45) is 0. The van der Waals surface area contributed by atoms with Gasteiger partial charge in [-0.2, -0.15) is 0 Å². The summed E-state index contributed by atoms with van der Waals surface area (Å²) in [5.74, 6) is 0.358. The van der Waals surface area contributed by atoms with Crippen LogP contribution in [0.5, 0.6) is 0 Å². The molecule has 0 bridgehead atoms. The first kappa shape index (κ1) is 17.7. The fraction of sp³-hybridized carbons (Fsp3) is 0.381. The van der Waals surface area contributed by atoms with Gasteiger partial charge in [-0.15, -0.1) is 0 Å². The Morgan fingerprint density at radius 2 is 1.81 bits per heavy atom. The van der Waals surface area contributed by atoms with Crippen molar-refractivity contribution in [1.82, 2.24) is 15.6 Å². The number of fused-ring (bicyclic) bond motifs is 1. The Bertz CT molecular complexity index is 858. The molecule has 1 aliphatic carbocycles. The second-order valence-corrected chi connectivity index (χ2v) is 7.24. The largest absolute Gasteiger partial charge is 0.381 e. The zero-order valence-corrected chi connectivity index (χ0v) is 15.4. The van der Waals surface area contributed by atoms with Crippen LogP contribution in [0, 0.1) is 11.8 Å². The monoisotopic (exact) mass is 365 g/mol. The van der Waals surface area contributed by atoms with Crippen LogP contribution in [0.4, 0.5) is 0 Å². The zero-order valence-electron chi connectivity index (χ0n) is 15.4. The van der Waals surface area contributed by atoms with Gasteiger partial charge in [-0.25, -0.2) is 4.98 Å². The first-order valence-corrected chi connectivity index (χ1v) is 9.26. The molecule has 0 radical (unpaired) electrons. The maximum atomic E-state index is 12.8. The number of hydrogen-bond acceptors (Lipinski definition) is 4. The first-order chi connectivity index (χ1) is 13.1. The van der Waals surface area contributed by atoms with Crippen molar-refractivity contribution in [2.24, 2.45) is 11.8 Å². The van der Waals surface area contributed by atoms with Crippen LogP contribution >= 0.6 is 0 Å². The van der Waals surface area contributed by atoms with Crippen LogP contribution in [-0.4, -0.2) is 43.1 Å². The van der Waals surface area contributed by atoms with Gasteiger partial charge < -0.3 is 15.4 Å². The van der Waals surface area contributed by atoms with E-state index in [1.165, 1.54) is 0 Å². The van der Waals surface area contributed by atoms with Crippen LogP contribution < -0.4 is 10.6 Å². The van der Waals surface area contributed by atoms with E-state index in [4.69, 9.17) is 4.74 Å². The molecule has 1 aromatic carbocycles. The van der Waals surface area contributed by atoms with Crippen molar-refractivity contribution in [3.05, 3.63) is 65.0 Å². The van der Waals surface area contributed by atoms with Gasteiger partial charge >= 0.3 is 0 Å². The standard InChI is InChI=1S/C21H23N3O3/c1-12(13-6-4-3-5-7-13)17-8-14(9-18(23-17)21(26)22-2)20(25)24-19-15-10-27-11-16(15)19/h3-9,12,15-16,19H,10-11H2,1-2H3,(H,22,26)(H,24,25). The number of nitrogens with one attached hydrogen (secondary N) is 2. The lowest BCUT2D eigenvalue weighted by Gasteiger charge is -2.15. The number of aromatic nitrogens is 1. The number of benzene rings is 1. The SMILES string of the molecule is CNC(=O)c1cc(C(=O)NC2C3COCC32)cc(C(C)c2ccccc2)n1. The summed E-state index contributed by atoms with van der Waals surface area (Å²) in [7, 11) is 1.56. The highest BCUT2D eigenvalue weighted by Gasteiger charge is 2.54. The lowest BCUT2D eigenvalue weighted by molar-refractivity contribution is 0.0928. The molecule has 1 saturated heterocycles. The molecule has 2 heterocycles. The number of carbonyl (C=O) groups excluding carboxylic acids is 2. The molecule has 0 spiro atoms. The summed E-state index contributed by atoms with van der Waals surface area (Å²) >= 11 is 0. The van der Waals surface area contributed by atoms with Crippen molar-refractivity contribution in [1.29, 1.82) is 0 Å². The van der Waals surface area contributed by atoms with E-state index in [-0.39, 0.29) is 29.5 Å². The van der Waals surface area contributed by atoms with Crippen molar-refractivity contribution < 1.29 is 14.3 Å². The lowest BCUT2D eigenvalue weighted by Crippen LogP contribution is -2.30. The van der Waals surface area contributed by atoms with Crippen LogP contribution in [0.3, 0.4) is 0 Å². The number of carbonyl (C=O) groups is 2. The molecular weight excluding hydrogens is 342 g/mol. The van der Waals surface area contributed by atoms with Gasteiger partial charge in [0.05, 0.1) is 13.2 Å². The Labute approximate surface area is 158 Å². The van der Waals surface area contributed by atoms with E-state index in [0.717, 1.165) is 5.56 Å². The molecule has 2 amide bonds. The Kier molecular flexibility index (Phi) is 4.66. The predicted octanol–water partition coefficient (Wildman–Crippen LogP) is 1.97. The van der Waals surface area contributed by atoms with Gasteiger partial charge in [0.1, 0.15) is 5.69 Å². The van der Waals surface area contributed by atoms with E-state index in [1.54, 1.807) is 19.2 Å². The molecule has 1 aromatic heterocycles. The normalized spacial score (nSPS) is 24.0. The summed E-state index contributed by atoms with van der Waals surface area (Å²) in [6, 6.07) is 13.5. The highest BCUT2D eigenvalue weighted by molar-refractivity contribution is 5.99. The molecule has 4 rings (SSSR count). The molecule has 2 aliphatic rings. The zero-order chi connectivity index (χ0) is 19.0. The summed E-state index contributed by atoms with van der Waals surface area (Å²) < 4.78 is 5.37. The van der Waals surface area contributed by atoms with Crippen LogP contribution in [0.2, 0.25) is 0 Å². The van der Waals surface area contributed by atoms with E-state index >= 15 is 0 Å². The van der Waals surface area contributed by atoms with Gasteiger partial charge in [0, 0.05) is 42.1 Å². The van der Waals surface area contributed by atoms with Gasteiger partial charge in [-0.05, 0) is 17.7 Å². The molecule has 6 nitrogen and oxygen atoms in total. The molecule has 27 heavy (non-hydrogen) atoms. The van der Waals surface area contributed by atoms with E-state index in [2.05, 4.69) is 15.6 Å². The lowest BCUT2D eigenvalue weighted by atomic mass is 9.96. The fourth-order valence-corrected chi connectivity index (χ4v) is 3.75. The molecule has 2 fully saturated rings. The van der Waals surface area contributed by atoms with Crippen LogP contribution in [-0.2, 0) is 4.74 Å². The molecule has 140 valence electrons. The topological polar surface area (TPSA) is 80.3 Å². The molecule has 1 saturated carbocycles. The molecule has 3 atom stereocenters. The second kappa shape index (κ2) is 7.12. The van der Waals surface area contributed by atoms with Gasteiger partial charge in [0.15, 0.2) is 0 Å². The molecule has 6 heteroatoms. The van der Waals surface area contributed by atoms with E-state index in [1.807, 2.05) is 37.3 Å². The third-order valence-electron chi connectivity index (χ3n) is 5.56. The average molecular weight is 365 g/mol. The van der Waals surface area contributed by atoms with Crippen molar-refractivity contribution in [2.75, 3.05) is 20.3 Å². The molecule has 1 aliphatic heterocycles. The first-order valence-electron chi connectivity index (χ1n) is 9.26. The minimum Gasteiger partial charge on any atom is -0.381 e. The average Bonchev–Trinajstić information content (AvgIpc) is 3.13. The van der Waals surface area contributed by atoms with Crippen LogP contribution in [0.1, 0.15) is 44.9 Å². The van der Waals surface area contributed by atoms with Gasteiger partial charge in [-0.1, -0.05) is 37.3 Å². The van der Waals surface area contributed by atoms with E-state index in [9.17, 15) is 9.59 Å². The van der Waals surface area contributed by atoms with Gasteiger partial charge in [0.25, 0.3) is 11.8 Å². The van der Waals surface area contributed by atoms with Crippen LogP contribution in [0.15, 0.2) is 42.5 Å². The number of pyridine rings is 1. The Balaban J connectivity index is 1.62. The highest BCUT2D eigenvalue weighted by atomic mass is 16.5. The molecule has 2 N–H and O–H groups in total. The van der Waals surface area contributed by atoms with Crippen molar-refractivity contribution in [3.8, 4) is 0 Å². The summed E-state index contributed by atoms with van der Waals surface area (Å²) in [5.41, 5.74) is 2.50. The van der Waals surface area contributed by atoms with E-state index < -0.39 is 0 Å². The number of amides is 2. The highest BCUT2D eigenvalue weighted by Crippen LogP contribution is 2.44. The minimum atomic E-state index is -0.303. The smallest absolute Gasteiger partial charge is 0.269 e. The third-order valence-corrected chi connectivity index (χ3v) is 5.56. The predicted molar refractivity (Wildman–Crippen MR) is 101 cm³/mol. The molecular formula is C21H23N3O3. The Morgan fingerprint density at radius 3 is 2.48 bits per heavy atom. The molecule has 3 unspecified atom stereocenters. The second-order valence-electron chi connectivity index (χ2n) is 7.24. The Morgan fingerprint density at radius 1 is 1.11 bits per heavy atom. The van der Waals surface area contributed by atoms with Gasteiger partial charge in [0.2, 0.25) is 0 Å². The van der Waals surface area contributed by atoms with E-state index in [0.29, 0.717) is 36.3 Å². The summed E-state index contributed by atoms with van der Waals surface area (Å²) in [5, 5.41) is 5.67. The minimum absolute atomic E-state index is 0.0314. The number of hydrogen-bond donors (Lipinski definition) is 2. The summed E-state index contributed by atoms with van der Waals surface area (Å²) in [4.78, 5) is 29.5. The van der Waals surface area contributed by atoms with Gasteiger partial charge in [-0.3, -0.25) is 9.59 Å². The van der Waals surface area contributed by atoms with Crippen molar-refractivity contribution in [2.45, 2.75) is 18.9 Å². The number of ether oxygens (including phenoxy) is 1. The van der Waals surface area contributed by atoms with Crippen molar-refractivity contribution >= 4 is 11.8 Å². The summed E-state index contributed by atoms with van der Waals surface area (Å²) in [6.45, 7) is 3.45. The quantitative estimate of drug-likeness (QED) is 0.849. The third kappa shape index (κ3) is 3.45. The van der Waals surface area contributed by atoms with Crippen molar-refractivity contribution in [3.63, 3.8) is 0 Å². The maximum absolute atomic E-state index is 12.8. The van der Waals surface area contributed by atoms with Crippen LogP contribution in [0.25, 0.3) is 0 Å². The number of nitrogens with zero attached hydrogens (tertiary/aromatic N) is 1. The Hall–Kier alpha value is -2.73. The fourth-order valence-electron chi connectivity index (χ4n) is 3.75. The number of rotatable bonds is 5. The maximum Gasteiger partial charge on any atom is 0.269 e. The molecule has 2 aromatic rings.